The van der Waals surface area contributed by atoms with Gasteiger partial charge in [0.1, 0.15) is 16.7 Å². The number of hydrogen-bond donors (Lipinski definition) is 0. The molecule has 0 amide bonds. The van der Waals surface area contributed by atoms with Crippen molar-refractivity contribution >= 4 is 33.2 Å². The number of aryl methyl sites for hydroxylation is 1. The molecule has 3 rings (SSSR count). The molecule has 0 saturated heterocycles. The van der Waals surface area contributed by atoms with Crippen LogP contribution in [0.15, 0.2) is 28.7 Å². The third-order valence-corrected chi connectivity index (χ3v) is 3.62. The smallest absolute Gasteiger partial charge is 0.173 e. The molecule has 5 nitrogen and oxygen atoms in total. The van der Waals surface area contributed by atoms with Gasteiger partial charge in [0, 0.05) is 10.5 Å². The van der Waals surface area contributed by atoms with E-state index in [1.807, 2.05) is 29.5 Å². The average Bonchev–Trinajstić information content (AvgIpc) is 2.82. The minimum absolute atomic E-state index is 0.400. The fraction of sp³-hybridized carbons (Fsp3) is 0.154. The Labute approximate surface area is 128 Å². The zero-order chi connectivity index (χ0) is 14.3. The molecule has 2 heterocycles. The fourth-order valence-electron chi connectivity index (χ4n) is 2.08. The predicted octanol–water partition coefficient (Wildman–Crippen LogP) is 3.52. The highest BCUT2D eigenvalue weighted by Crippen LogP contribution is 2.32. The summed E-state index contributed by atoms with van der Waals surface area (Å²) in [5.41, 5.74) is 1.50. The maximum atomic E-state index is 5.94. The molecule has 0 bridgehead atoms. The summed E-state index contributed by atoms with van der Waals surface area (Å²) >= 11 is 9.36. The lowest BCUT2D eigenvalue weighted by Gasteiger charge is -2.08. The van der Waals surface area contributed by atoms with Crippen LogP contribution < -0.4 is 4.74 Å². The number of fused-ring (bicyclic) bond motifs is 1. The van der Waals surface area contributed by atoms with E-state index < -0.39 is 0 Å². The van der Waals surface area contributed by atoms with E-state index in [2.05, 4.69) is 31.1 Å². The summed E-state index contributed by atoms with van der Waals surface area (Å²) in [7, 11) is 1.62. The van der Waals surface area contributed by atoms with Crippen LogP contribution in [-0.4, -0.2) is 26.7 Å². The van der Waals surface area contributed by atoms with Gasteiger partial charge in [0.25, 0.3) is 0 Å². The summed E-state index contributed by atoms with van der Waals surface area (Å²) in [6, 6.07) is 7.41. The normalized spacial score (nSPS) is 11.0. The van der Waals surface area contributed by atoms with E-state index in [-0.39, 0.29) is 0 Å². The number of benzene rings is 1. The van der Waals surface area contributed by atoms with Crippen LogP contribution in [-0.2, 0) is 0 Å². The second kappa shape index (κ2) is 5.03. The number of nitrogens with zero attached hydrogens (tertiary/aromatic N) is 4. The first-order valence-corrected chi connectivity index (χ1v) is 6.99. The average molecular weight is 354 g/mol. The highest BCUT2D eigenvalue weighted by molar-refractivity contribution is 9.10. The van der Waals surface area contributed by atoms with Gasteiger partial charge in [-0.3, -0.25) is 4.40 Å². The lowest BCUT2D eigenvalue weighted by atomic mass is 10.2. The number of ether oxygens (including phenoxy) is 1. The predicted molar refractivity (Wildman–Crippen MR) is 80.2 cm³/mol. The molecule has 0 unspecified atom stereocenters. The van der Waals surface area contributed by atoms with Crippen molar-refractivity contribution in [2.24, 2.45) is 0 Å². The van der Waals surface area contributed by atoms with Crippen molar-refractivity contribution in [1.82, 2.24) is 19.6 Å². The number of aromatic nitrogens is 4. The van der Waals surface area contributed by atoms with Gasteiger partial charge in [-0.1, -0.05) is 27.5 Å². The standard InChI is InChI=1S/C13H10BrClN4O/c1-7-16-11(15)6-12-17-18-13(19(7)12)9-4-3-8(14)5-10(9)20-2/h3-6H,1-2H3. The van der Waals surface area contributed by atoms with Crippen molar-refractivity contribution in [3.63, 3.8) is 0 Å². The van der Waals surface area contributed by atoms with Gasteiger partial charge in [-0.2, -0.15) is 0 Å². The molecule has 102 valence electrons. The Kier molecular flexibility index (Phi) is 3.35. The van der Waals surface area contributed by atoms with Gasteiger partial charge < -0.3 is 4.74 Å². The van der Waals surface area contributed by atoms with Gasteiger partial charge in [0.2, 0.25) is 0 Å². The molecule has 0 spiro atoms. The largest absolute Gasteiger partial charge is 0.496 e. The summed E-state index contributed by atoms with van der Waals surface area (Å²) < 4.78 is 8.18. The van der Waals surface area contributed by atoms with Crippen molar-refractivity contribution in [2.45, 2.75) is 6.92 Å². The fourth-order valence-corrected chi connectivity index (χ4v) is 2.64. The Bertz CT molecular complexity index is 802. The number of hydrogen-bond acceptors (Lipinski definition) is 4. The third kappa shape index (κ3) is 2.14. The molecule has 7 heteroatoms. The molecule has 0 aliphatic rings. The van der Waals surface area contributed by atoms with Crippen LogP contribution in [0.4, 0.5) is 0 Å². The van der Waals surface area contributed by atoms with Crippen molar-refractivity contribution in [3.05, 3.63) is 39.7 Å². The van der Waals surface area contributed by atoms with E-state index in [0.717, 1.165) is 15.9 Å². The lowest BCUT2D eigenvalue weighted by molar-refractivity contribution is 0.416. The van der Waals surface area contributed by atoms with Crippen LogP contribution in [0.2, 0.25) is 5.15 Å². The molecule has 0 atom stereocenters. The molecule has 3 aromatic rings. The van der Waals surface area contributed by atoms with Crippen LogP contribution >= 0.6 is 27.5 Å². The summed E-state index contributed by atoms with van der Waals surface area (Å²) in [6.45, 7) is 1.86. The van der Waals surface area contributed by atoms with E-state index in [1.165, 1.54) is 0 Å². The maximum absolute atomic E-state index is 5.94. The van der Waals surface area contributed by atoms with E-state index in [1.54, 1.807) is 13.2 Å². The summed E-state index contributed by atoms with van der Waals surface area (Å²) in [5.74, 6) is 2.10. The van der Waals surface area contributed by atoms with Gasteiger partial charge >= 0.3 is 0 Å². The maximum Gasteiger partial charge on any atom is 0.173 e. The quantitative estimate of drug-likeness (QED) is 0.661. The van der Waals surface area contributed by atoms with Crippen LogP contribution in [0.1, 0.15) is 5.82 Å². The highest BCUT2D eigenvalue weighted by atomic mass is 79.9. The van der Waals surface area contributed by atoms with E-state index in [4.69, 9.17) is 16.3 Å². The molecule has 0 fully saturated rings. The number of halogens is 2. The lowest BCUT2D eigenvalue weighted by Crippen LogP contribution is -1.99. The first-order chi connectivity index (χ1) is 9.60. The molecule has 20 heavy (non-hydrogen) atoms. The molecule has 2 aromatic heterocycles. The second-order valence-corrected chi connectivity index (χ2v) is 5.49. The monoisotopic (exact) mass is 352 g/mol. The van der Waals surface area contributed by atoms with Crippen LogP contribution in [0.25, 0.3) is 17.0 Å². The minimum Gasteiger partial charge on any atom is -0.496 e. The first kappa shape index (κ1) is 13.3. The van der Waals surface area contributed by atoms with Gasteiger partial charge in [0.15, 0.2) is 11.5 Å². The van der Waals surface area contributed by atoms with Crippen LogP contribution in [0.3, 0.4) is 0 Å². The molecular weight excluding hydrogens is 344 g/mol. The van der Waals surface area contributed by atoms with E-state index in [9.17, 15) is 0 Å². The molecule has 0 N–H and O–H groups in total. The molecule has 0 aliphatic heterocycles. The Morgan fingerprint density at radius 1 is 1.25 bits per heavy atom. The summed E-state index contributed by atoms with van der Waals surface area (Å²) in [6.07, 6.45) is 0. The Balaban J connectivity index is 2.30. The Morgan fingerprint density at radius 3 is 2.80 bits per heavy atom. The molecular formula is C13H10BrClN4O. The summed E-state index contributed by atoms with van der Waals surface area (Å²) in [5, 5.41) is 8.76. The van der Waals surface area contributed by atoms with Gasteiger partial charge in [-0.05, 0) is 25.1 Å². The van der Waals surface area contributed by atoms with Gasteiger partial charge in [0.05, 0.1) is 12.7 Å². The Hall–Kier alpha value is -1.66. The third-order valence-electron chi connectivity index (χ3n) is 2.93. The van der Waals surface area contributed by atoms with Crippen LogP contribution in [0.5, 0.6) is 5.75 Å². The Morgan fingerprint density at radius 2 is 2.05 bits per heavy atom. The number of methoxy groups -OCH3 is 1. The number of rotatable bonds is 2. The van der Waals surface area contributed by atoms with E-state index >= 15 is 0 Å². The van der Waals surface area contributed by atoms with Crippen molar-refractivity contribution in [2.75, 3.05) is 7.11 Å². The van der Waals surface area contributed by atoms with Crippen molar-refractivity contribution in [1.29, 1.82) is 0 Å². The van der Waals surface area contributed by atoms with Crippen molar-refractivity contribution in [3.8, 4) is 17.1 Å². The zero-order valence-electron chi connectivity index (χ0n) is 10.8. The molecule has 0 saturated carbocycles. The highest BCUT2D eigenvalue weighted by Gasteiger charge is 2.15. The topological polar surface area (TPSA) is 52.3 Å². The van der Waals surface area contributed by atoms with Gasteiger partial charge in [-0.15, -0.1) is 10.2 Å². The second-order valence-electron chi connectivity index (χ2n) is 4.19. The minimum atomic E-state index is 0.400. The molecule has 0 aliphatic carbocycles. The zero-order valence-corrected chi connectivity index (χ0v) is 13.1. The SMILES string of the molecule is COc1cc(Br)ccc1-c1nnc2cc(Cl)nc(C)n12. The first-order valence-electron chi connectivity index (χ1n) is 5.82. The van der Waals surface area contributed by atoms with Gasteiger partial charge in [-0.25, -0.2) is 4.98 Å². The molecule has 0 radical (unpaired) electrons. The van der Waals surface area contributed by atoms with Crippen molar-refractivity contribution < 1.29 is 4.74 Å². The molecule has 1 aromatic carbocycles. The van der Waals surface area contributed by atoms with E-state index in [0.29, 0.717) is 22.4 Å². The summed E-state index contributed by atoms with van der Waals surface area (Å²) in [4.78, 5) is 4.23. The van der Waals surface area contributed by atoms with Crippen LogP contribution in [0, 0.1) is 6.92 Å².